The Morgan fingerprint density at radius 2 is 2.09 bits per heavy atom. The third-order valence-corrected chi connectivity index (χ3v) is 4.15. The normalized spacial score (nSPS) is 10.3. The minimum absolute atomic E-state index is 0.110. The van der Waals surface area contributed by atoms with E-state index >= 15 is 0 Å². The Hall–Kier alpha value is -2.73. The zero-order valence-corrected chi connectivity index (χ0v) is 13.3. The van der Waals surface area contributed by atoms with Crippen molar-refractivity contribution in [1.82, 2.24) is 15.5 Å². The molecular formula is C17H15N3O2S. The molecule has 1 amide bonds. The zero-order valence-electron chi connectivity index (χ0n) is 12.5. The van der Waals surface area contributed by atoms with Crippen molar-refractivity contribution < 1.29 is 9.53 Å². The summed E-state index contributed by atoms with van der Waals surface area (Å²) in [6, 6.07) is 14.8. The van der Waals surface area contributed by atoms with Crippen LogP contribution in [0.15, 0.2) is 53.9 Å². The third kappa shape index (κ3) is 3.73. The maximum Gasteiger partial charge on any atom is 0.251 e. The third-order valence-electron chi connectivity index (χ3n) is 3.27. The minimum atomic E-state index is -0.110. The number of hydrogen-bond acceptors (Lipinski definition) is 5. The summed E-state index contributed by atoms with van der Waals surface area (Å²) < 4.78 is 5.00. The van der Waals surface area contributed by atoms with Gasteiger partial charge in [-0.25, -0.2) is 0 Å². The van der Waals surface area contributed by atoms with Crippen LogP contribution in [0.2, 0.25) is 0 Å². The number of nitrogens with zero attached hydrogens (tertiary/aromatic N) is 2. The molecule has 6 heteroatoms. The quantitative estimate of drug-likeness (QED) is 0.783. The van der Waals surface area contributed by atoms with E-state index < -0.39 is 0 Å². The second-order valence-corrected chi connectivity index (χ2v) is 5.84. The summed E-state index contributed by atoms with van der Waals surface area (Å²) in [5, 5.41) is 13.0. The van der Waals surface area contributed by atoms with Gasteiger partial charge in [0.2, 0.25) is 5.88 Å². The molecule has 3 rings (SSSR count). The first-order valence-electron chi connectivity index (χ1n) is 7.05. The van der Waals surface area contributed by atoms with Crippen molar-refractivity contribution in [3.63, 3.8) is 0 Å². The van der Waals surface area contributed by atoms with Crippen LogP contribution in [0.3, 0.4) is 0 Å². The van der Waals surface area contributed by atoms with Crippen LogP contribution in [-0.2, 0) is 6.54 Å². The van der Waals surface area contributed by atoms with E-state index in [9.17, 15) is 4.79 Å². The van der Waals surface area contributed by atoms with Crippen LogP contribution in [0.25, 0.3) is 11.3 Å². The Morgan fingerprint density at radius 3 is 2.78 bits per heavy atom. The topological polar surface area (TPSA) is 64.1 Å². The number of methoxy groups -OCH3 is 1. The highest BCUT2D eigenvalue weighted by atomic mass is 32.1. The van der Waals surface area contributed by atoms with Crippen LogP contribution in [0.5, 0.6) is 5.88 Å². The Balaban J connectivity index is 1.74. The number of rotatable bonds is 5. The lowest BCUT2D eigenvalue weighted by atomic mass is 10.1. The number of carbonyl (C=O) groups excluding carboxylic acids is 1. The fraction of sp³-hybridized carbons (Fsp3) is 0.118. The summed E-state index contributed by atoms with van der Waals surface area (Å²) in [5.74, 6) is 0.348. The van der Waals surface area contributed by atoms with Crippen molar-refractivity contribution in [2.45, 2.75) is 6.54 Å². The monoisotopic (exact) mass is 325 g/mol. The lowest BCUT2D eigenvalue weighted by Gasteiger charge is -2.06. The maximum absolute atomic E-state index is 12.3. The van der Waals surface area contributed by atoms with Crippen molar-refractivity contribution in [2.75, 3.05) is 7.11 Å². The Morgan fingerprint density at radius 1 is 1.17 bits per heavy atom. The minimum Gasteiger partial charge on any atom is -0.480 e. The molecule has 23 heavy (non-hydrogen) atoms. The molecule has 0 radical (unpaired) electrons. The Bertz CT molecular complexity index is 786. The molecule has 1 aromatic carbocycles. The van der Waals surface area contributed by atoms with Gasteiger partial charge in [0, 0.05) is 22.1 Å². The van der Waals surface area contributed by atoms with E-state index in [0.29, 0.717) is 23.7 Å². The predicted octanol–water partition coefficient (Wildman–Crippen LogP) is 3.14. The molecule has 0 spiro atoms. The molecule has 0 saturated heterocycles. The molecule has 2 aromatic heterocycles. The average Bonchev–Trinajstić information content (AvgIpc) is 3.13. The fourth-order valence-corrected chi connectivity index (χ4v) is 2.73. The number of carbonyl (C=O) groups is 1. The van der Waals surface area contributed by atoms with Gasteiger partial charge in [-0.3, -0.25) is 4.79 Å². The van der Waals surface area contributed by atoms with E-state index in [1.54, 1.807) is 36.6 Å². The molecule has 116 valence electrons. The first kappa shape index (κ1) is 15.2. The number of benzene rings is 1. The summed E-state index contributed by atoms with van der Waals surface area (Å²) in [5.41, 5.74) is 2.12. The van der Waals surface area contributed by atoms with Crippen molar-refractivity contribution in [3.8, 4) is 17.1 Å². The van der Waals surface area contributed by atoms with Crippen LogP contribution in [0, 0.1) is 0 Å². The van der Waals surface area contributed by atoms with Gasteiger partial charge in [-0.2, -0.15) is 0 Å². The molecule has 0 aliphatic carbocycles. The predicted molar refractivity (Wildman–Crippen MR) is 89.5 cm³/mol. The molecule has 0 atom stereocenters. The first-order valence-corrected chi connectivity index (χ1v) is 7.93. The molecule has 0 bridgehead atoms. The number of thiophene rings is 1. The van der Waals surface area contributed by atoms with Crippen molar-refractivity contribution in [1.29, 1.82) is 0 Å². The standard InChI is InChI=1S/C17H15N3O2S/c1-22-16-8-7-15(19-20-16)12-4-2-5-13(10-12)17(21)18-11-14-6-3-9-23-14/h2-10H,11H2,1H3,(H,18,21). The van der Waals surface area contributed by atoms with Crippen LogP contribution in [-0.4, -0.2) is 23.2 Å². The van der Waals surface area contributed by atoms with Gasteiger partial charge >= 0.3 is 0 Å². The van der Waals surface area contributed by atoms with Gasteiger partial charge < -0.3 is 10.1 Å². The molecule has 2 heterocycles. The van der Waals surface area contributed by atoms with E-state index in [0.717, 1.165) is 10.4 Å². The SMILES string of the molecule is COc1ccc(-c2cccc(C(=O)NCc3cccs3)c2)nn1. The van der Waals surface area contributed by atoms with Gasteiger partial charge in [0.1, 0.15) is 0 Å². The van der Waals surface area contributed by atoms with Gasteiger partial charge in [-0.15, -0.1) is 21.5 Å². The largest absolute Gasteiger partial charge is 0.480 e. The van der Waals surface area contributed by atoms with Crippen molar-refractivity contribution >= 4 is 17.2 Å². The fourth-order valence-electron chi connectivity index (χ4n) is 2.09. The molecule has 0 saturated carbocycles. The van der Waals surface area contributed by atoms with Gasteiger partial charge in [0.25, 0.3) is 5.91 Å². The second-order valence-electron chi connectivity index (χ2n) is 4.80. The number of amides is 1. The van der Waals surface area contributed by atoms with Gasteiger partial charge in [0.15, 0.2) is 0 Å². The van der Waals surface area contributed by atoms with E-state index in [2.05, 4.69) is 15.5 Å². The zero-order chi connectivity index (χ0) is 16.1. The molecule has 0 aliphatic heterocycles. The molecule has 0 aliphatic rings. The number of hydrogen-bond donors (Lipinski definition) is 1. The lowest BCUT2D eigenvalue weighted by molar-refractivity contribution is 0.0951. The maximum atomic E-state index is 12.3. The highest BCUT2D eigenvalue weighted by Crippen LogP contribution is 2.19. The average molecular weight is 325 g/mol. The van der Waals surface area contributed by atoms with E-state index in [1.807, 2.05) is 35.7 Å². The second kappa shape index (κ2) is 7.02. The smallest absolute Gasteiger partial charge is 0.251 e. The van der Waals surface area contributed by atoms with E-state index in [4.69, 9.17) is 4.74 Å². The van der Waals surface area contributed by atoms with Crippen molar-refractivity contribution in [2.24, 2.45) is 0 Å². The van der Waals surface area contributed by atoms with Crippen LogP contribution < -0.4 is 10.1 Å². The number of nitrogens with one attached hydrogen (secondary N) is 1. The molecule has 1 N–H and O–H groups in total. The van der Waals surface area contributed by atoms with Gasteiger partial charge in [-0.1, -0.05) is 18.2 Å². The van der Waals surface area contributed by atoms with Gasteiger partial charge in [0.05, 0.1) is 19.3 Å². The van der Waals surface area contributed by atoms with E-state index in [1.165, 1.54) is 0 Å². The summed E-state index contributed by atoms with van der Waals surface area (Å²) in [4.78, 5) is 13.4. The number of aromatic nitrogens is 2. The van der Waals surface area contributed by atoms with Crippen molar-refractivity contribution in [3.05, 3.63) is 64.4 Å². The Labute approximate surface area is 138 Å². The van der Waals surface area contributed by atoms with Crippen LogP contribution in [0.1, 0.15) is 15.2 Å². The molecule has 5 nitrogen and oxygen atoms in total. The van der Waals surface area contributed by atoms with E-state index in [-0.39, 0.29) is 5.91 Å². The van der Waals surface area contributed by atoms with Crippen LogP contribution in [0.4, 0.5) is 0 Å². The highest BCUT2D eigenvalue weighted by Gasteiger charge is 2.08. The molecule has 0 unspecified atom stereocenters. The molecular weight excluding hydrogens is 310 g/mol. The van der Waals surface area contributed by atoms with Gasteiger partial charge in [-0.05, 0) is 29.6 Å². The highest BCUT2D eigenvalue weighted by molar-refractivity contribution is 7.09. The number of ether oxygens (including phenoxy) is 1. The lowest BCUT2D eigenvalue weighted by Crippen LogP contribution is -2.22. The Kier molecular flexibility index (Phi) is 4.63. The summed E-state index contributed by atoms with van der Waals surface area (Å²) in [6.07, 6.45) is 0. The first-order chi connectivity index (χ1) is 11.3. The summed E-state index contributed by atoms with van der Waals surface area (Å²) >= 11 is 1.62. The summed E-state index contributed by atoms with van der Waals surface area (Å²) in [6.45, 7) is 0.531. The molecule has 0 fully saturated rings. The summed E-state index contributed by atoms with van der Waals surface area (Å²) in [7, 11) is 1.54. The van der Waals surface area contributed by atoms with Crippen LogP contribution >= 0.6 is 11.3 Å². The molecule has 3 aromatic rings.